The maximum atomic E-state index is 11.8. The van der Waals surface area contributed by atoms with Gasteiger partial charge in [-0.25, -0.2) is 4.98 Å². The highest BCUT2D eigenvalue weighted by molar-refractivity contribution is 5.96. The van der Waals surface area contributed by atoms with Crippen LogP contribution >= 0.6 is 0 Å². The topological polar surface area (TPSA) is 62.2 Å². The van der Waals surface area contributed by atoms with E-state index in [0.29, 0.717) is 18.7 Å². The molecule has 86 valence electrons. The van der Waals surface area contributed by atoms with Crippen LogP contribution in [0.5, 0.6) is 0 Å². The highest BCUT2D eigenvalue weighted by Crippen LogP contribution is 2.30. The smallest absolute Gasteiger partial charge is 0.257 e. The van der Waals surface area contributed by atoms with Gasteiger partial charge in [0.1, 0.15) is 11.4 Å². The van der Waals surface area contributed by atoms with Crippen LogP contribution in [0.1, 0.15) is 31.2 Å². The number of aliphatic hydroxyl groups is 1. The lowest BCUT2D eigenvalue weighted by Crippen LogP contribution is -2.40. The third kappa shape index (κ3) is 2.22. The summed E-state index contributed by atoms with van der Waals surface area (Å²) in [5, 5.41) is 12.7. The molecule has 1 fully saturated rings. The van der Waals surface area contributed by atoms with Gasteiger partial charge in [0.15, 0.2) is 0 Å². The molecule has 0 bridgehead atoms. The molecule has 4 heteroatoms. The number of nitrogens with one attached hydrogen (secondary N) is 1. The van der Waals surface area contributed by atoms with E-state index in [1.165, 1.54) is 0 Å². The molecule has 16 heavy (non-hydrogen) atoms. The second-order valence-electron chi connectivity index (χ2n) is 4.41. The van der Waals surface area contributed by atoms with Gasteiger partial charge in [-0.1, -0.05) is 6.07 Å². The summed E-state index contributed by atoms with van der Waals surface area (Å²) in [6.07, 6.45) is 4.60. The van der Waals surface area contributed by atoms with Crippen LogP contribution in [0.4, 0.5) is 5.82 Å². The second kappa shape index (κ2) is 4.22. The van der Waals surface area contributed by atoms with Crippen molar-refractivity contribution in [1.82, 2.24) is 4.98 Å². The summed E-state index contributed by atoms with van der Waals surface area (Å²) in [4.78, 5) is 15.9. The number of pyridine rings is 1. The normalized spacial score (nSPS) is 18.4. The van der Waals surface area contributed by atoms with Crippen molar-refractivity contribution in [3.05, 3.63) is 23.9 Å². The quantitative estimate of drug-likeness (QED) is 0.796. The van der Waals surface area contributed by atoms with Crippen LogP contribution in [0.3, 0.4) is 0 Å². The van der Waals surface area contributed by atoms with Crippen LogP contribution in [0, 0.1) is 6.92 Å². The van der Waals surface area contributed by atoms with Crippen molar-refractivity contribution in [3.63, 3.8) is 0 Å². The van der Waals surface area contributed by atoms with E-state index in [4.69, 9.17) is 0 Å². The van der Waals surface area contributed by atoms with E-state index < -0.39 is 5.60 Å². The number of nitrogens with zero attached hydrogens (tertiary/aromatic N) is 1. The number of hydrogen-bond acceptors (Lipinski definition) is 3. The van der Waals surface area contributed by atoms with Crippen molar-refractivity contribution in [2.75, 3.05) is 5.32 Å². The summed E-state index contributed by atoms with van der Waals surface area (Å²) >= 11 is 0. The SMILES string of the molecule is Cc1ccc(NC(=O)C2(O)CCCC2)nc1. The number of carbonyl (C=O) groups excluding carboxylic acids is 1. The van der Waals surface area contributed by atoms with Crippen molar-refractivity contribution < 1.29 is 9.90 Å². The standard InChI is InChI=1S/C12H16N2O2/c1-9-4-5-10(13-8-9)14-11(15)12(16)6-2-3-7-12/h4-5,8,16H,2-3,6-7H2,1H3,(H,13,14,15). The van der Waals surface area contributed by atoms with Gasteiger partial charge in [0.25, 0.3) is 5.91 Å². The summed E-state index contributed by atoms with van der Waals surface area (Å²) in [7, 11) is 0. The van der Waals surface area contributed by atoms with E-state index in [1.807, 2.05) is 13.0 Å². The van der Waals surface area contributed by atoms with E-state index in [0.717, 1.165) is 18.4 Å². The van der Waals surface area contributed by atoms with Gasteiger partial charge in [0.2, 0.25) is 0 Å². The number of aromatic nitrogens is 1. The Bertz CT molecular complexity index is 381. The molecule has 1 aliphatic carbocycles. The van der Waals surface area contributed by atoms with Gasteiger partial charge in [0.05, 0.1) is 0 Å². The monoisotopic (exact) mass is 220 g/mol. The van der Waals surface area contributed by atoms with Crippen molar-refractivity contribution >= 4 is 11.7 Å². The largest absolute Gasteiger partial charge is 0.380 e. The van der Waals surface area contributed by atoms with Crippen molar-refractivity contribution in [2.24, 2.45) is 0 Å². The minimum absolute atomic E-state index is 0.332. The van der Waals surface area contributed by atoms with E-state index in [9.17, 15) is 9.90 Å². The lowest BCUT2D eigenvalue weighted by atomic mass is 10.0. The van der Waals surface area contributed by atoms with Crippen LogP contribution in [0.15, 0.2) is 18.3 Å². The molecular formula is C12H16N2O2. The molecule has 0 aromatic carbocycles. The fraction of sp³-hybridized carbons (Fsp3) is 0.500. The lowest BCUT2D eigenvalue weighted by Gasteiger charge is -2.20. The molecule has 1 aromatic rings. The van der Waals surface area contributed by atoms with Gasteiger partial charge in [-0.3, -0.25) is 4.79 Å². The number of amides is 1. The summed E-state index contributed by atoms with van der Waals surface area (Å²) in [5.41, 5.74) is -0.149. The number of hydrogen-bond donors (Lipinski definition) is 2. The van der Waals surface area contributed by atoms with Crippen LogP contribution in [0.25, 0.3) is 0 Å². The Balaban J connectivity index is 2.04. The molecule has 0 saturated heterocycles. The van der Waals surface area contributed by atoms with Gasteiger partial charge in [-0.15, -0.1) is 0 Å². The van der Waals surface area contributed by atoms with Crippen LogP contribution in [0.2, 0.25) is 0 Å². The van der Waals surface area contributed by atoms with Crippen molar-refractivity contribution in [3.8, 4) is 0 Å². The van der Waals surface area contributed by atoms with Crippen molar-refractivity contribution in [2.45, 2.75) is 38.2 Å². The minimum atomic E-state index is -1.19. The van der Waals surface area contributed by atoms with E-state index >= 15 is 0 Å². The summed E-state index contributed by atoms with van der Waals surface area (Å²) in [5.74, 6) is 0.164. The Morgan fingerprint density at radius 3 is 2.69 bits per heavy atom. The van der Waals surface area contributed by atoms with Gasteiger partial charge in [-0.2, -0.15) is 0 Å². The molecule has 1 amide bonds. The Morgan fingerprint density at radius 2 is 2.12 bits per heavy atom. The average molecular weight is 220 g/mol. The molecule has 0 spiro atoms. The van der Waals surface area contributed by atoms with Crippen molar-refractivity contribution in [1.29, 1.82) is 0 Å². The predicted molar refractivity (Wildman–Crippen MR) is 61.0 cm³/mol. The molecule has 1 saturated carbocycles. The summed E-state index contributed by atoms with van der Waals surface area (Å²) < 4.78 is 0. The van der Waals surface area contributed by atoms with Crippen LogP contribution in [-0.2, 0) is 4.79 Å². The van der Waals surface area contributed by atoms with Gasteiger partial charge < -0.3 is 10.4 Å². The van der Waals surface area contributed by atoms with Gasteiger partial charge in [0, 0.05) is 6.20 Å². The third-order valence-electron chi connectivity index (χ3n) is 3.01. The van der Waals surface area contributed by atoms with Gasteiger partial charge >= 0.3 is 0 Å². The van der Waals surface area contributed by atoms with E-state index in [1.54, 1.807) is 12.3 Å². The molecule has 1 heterocycles. The van der Waals surface area contributed by atoms with E-state index in [2.05, 4.69) is 10.3 Å². The van der Waals surface area contributed by atoms with Gasteiger partial charge in [-0.05, 0) is 44.2 Å². The number of carbonyl (C=O) groups is 1. The maximum absolute atomic E-state index is 11.8. The number of rotatable bonds is 2. The highest BCUT2D eigenvalue weighted by Gasteiger charge is 2.38. The second-order valence-corrected chi connectivity index (χ2v) is 4.41. The fourth-order valence-corrected chi connectivity index (χ4v) is 1.96. The molecule has 0 unspecified atom stereocenters. The first kappa shape index (κ1) is 11.1. The first-order valence-electron chi connectivity index (χ1n) is 5.57. The Morgan fingerprint density at radius 1 is 1.44 bits per heavy atom. The predicted octanol–water partition coefficient (Wildman–Crippen LogP) is 1.63. The number of anilines is 1. The molecule has 4 nitrogen and oxygen atoms in total. The summed E-state index contributed by atoms with van der Waals surface area (Å²) in [6, 6.07) is 3.62. The minimum Gasteiger partial charge on any atom is -0.380 e. The van der Waals surface area contributed by atoms with Crippen LogP contribution < -0.4 is 5.32 Å². The fourth-order valence-electron chi connectivity index (χ4n) is 1.96. The Labute approximate surface area is 94.7 Å². The van der Waals surface area contributed by atoms with Crippen LogP contribution in [-0.4, -0.2) is 21.6 Å². The zero-order valence-electron chi connectivity index (χ0n) is 9.36. The third-order valence-corrected chi connectivity index (χ3v) is 3.01. The highest BCUT2D eigenvalue weighted by atomic mass is 16.3. The molecular weight excluding hydrogens is 204 g/mol. The molecule has 0 aliphatic heterocycles. The average Bonchev–Trinajstić information content (AvgIpc) is 2.70. The number of aryl methyl sites for hydroxylation is 1. The van der Waals surface area contributed by atoms with E-state index in [-0.39, 0.29) is 5.91 Å². The zero-order valence-corrected chi connectivity index (χ0v) is 9.36. The first-order chi connectivity index (χ1) is 7.60. The molecule has 2 N–H and O–H groups in total. The molecule has 1 aromatic heterocycles. The molecule has 0 radical (unpaired) electrons. The molecule has 0 atom stereocenters. The first-order valence-corrected chi connectivity index (χ1v) is 5.57. The maximum Gasteiger partial charge on any atom is 0.257 e. The Hall–Kier alpha value is -1.42. The molecule has 2 rings (SSSR count). The summed E-state index contributed by atoms with van der Waals surface area (Å²) in [6.45, 7) is 1.93. The Kier molecular flexibility index (Phi) is 2.92. The molecule has 1 aliphatic rings. The lowest BCUT2D eigenvalue weighted by molar-refractivity contribution is -0.133. The zero-order chi connectivity index (χ0) is 11.6.